The van der Waals surface area contributed by atoms with Gasteiger partial charge in [-0.05, 0) is 5.92 Å². The van der Waals surface area contributed by atoms with Gasteiger partial charge in [0.15, 0.2) is 5.69 Å². The van der Waals surface area contributed by atoms with Crippen molar-refractivity contribution in [2.75, 3.05) is 0 Å². The Morgan fingerprint density at radius 1 is 1.43 bits per heavy atom. The molecule has 2 heterocycles. The molecule has 0 aliphatic carbocycles. The zero-order valence-electron chi connectivity index (χ0n) is 12.9. The molecule has 0 spiro atoms. The summed E-state index contributed by atoms with van der Waals surface area (Å²) in [5, 5.41) is 19.9. The van der Waals surface area contributed by atoms with Crippen molar-refractivity contribution in [2.45, 2.75) is 52.5 Å². The van der Waals surface area contributed by atoms with Crippen LogP contribution < -0.4 is 0 Å². The number of aromatic carboxylic acids is 1. The lowest BCUT2D eigenvalue weighted by molar-refractivity contribution is 0.0688. The third-order valence-corrected chi connectivity index (χ3v) is 3.96. The second kappa shape index (κ2) is 5.55. The molecule has 0 radical (unpaired) electrons. The van der Waals surface area contributed by atoms with Crippen molar-refractivity contribution in [3.63, 3.8) is 0 Å². The second-order valence-electron chi connectivity index (χ2n) is 6.32. The van der Waals surface area contributed by atoms with E-state index in [1.54, 1.807) is 16.0 Å². The molecule has 0 bridgehead atoms. The molecule has 0 atom stereocenters. The fourth-order valence-electron chi connectivity index (χ4n) is 2.02. The summed E-state index contributed by atoms with van der Waals surface area (Å²) in [5.41, 5.74) is 1.70. The van der Waals surface area contributed by atoms with Crippen molar-refractivity contribution >= 4 is 17.3 Å². The van der Waals surface area contributed by atoms with E-state index in [-0.39, 0.29) is 17.0 Å². The van der Waals surface area contributed by atoms with E-state index in [0.717, 1.165) is 10.7 Å². The average molecular weight is 308 g/mol. The molecule has 21 heavy (non-hydrogen) atoms. The Labute approximate surface area is 127 Å². The molecular formula is C14H20N4O2S. The smallest absolute Gasteiger partial charge is 0.358 e. The molecule has 0 fully saturated rings. The highest BCUT2D eigenvalue weighted by molar-refractivity contribution is 7.09. The fraction of sp³-hybridized carbons (Fsp3) is 0.571. The molecule has 0 amide bonds. The minimum Gasteiger partial charge on any atom is -0.476 e. The third kappa shape index (κ3) is 3.29. The molecule has 0 aromatic carbocycles. The molecule has 0 saturated heterocycles. The number of carbonyl (C=O) groups is 1. The van der Waals surface area contributed by atoms with Gasteiger partial charge < -0.3 is 5.11 Å². The number of thiazole rings is 1. The van der Waals surface area contributed by atoms with Crippen LogP contribution in [0.1, 0.15) is 67.4 Å². The Morgan fingerprint density at radius 2 is 2.10 bits per heavy atom. The van der Waals surface area contributed by atoms with Crippen LogP contribution in [0, 0.1) is 0 Å². The van der Waals surface area contributed by atoms with Gasteiger partial charge in [-0.3, -0.25) is 0 Å². The summed E-state index contributed by atoms with van der Waals surface area (Å²) in [6.07, 6.45) is 0. The molecule has 6 nitrogen and oxygen atoms in total. The van der Waals surface area contributed by atoms with Crippen molar-refractivity contribution in [3.05, 3.63) is 27.5 Å². The summed E-state index contributed by atoms with van der Waals surface area (Å²) in [6, 6.07) is 0. The predicted molar refractivity (Wildman–Crippen MR) is 81.0 cm³/mol. The monoisotopic (exact) mass is 308 g/mol. The first kappa shape index (κ1) is 15.6. The van der Waals surface area contributed by atoms with Crippen molar-refractivity contribution < 1.29 is 9.90 Å². The minimum absolute atomic E-state index is 0.00419. The molecule has 114 valence electrons. The number of hydrogen-bond acceptors (Lipinski definition) is 5. The maximum Gasteiger partial charge on any atom is 0.358 e. The van der Waals surface area contributed by atoms with Crippen LogP contribution in [0.5, 0.6) is 0 Å². The highest BCUT2D eigenvalue weighted by Crippen LogP contribution is 2.25. The molecule has 2 rings (SSSR count). The summed E-state index contributed by atoms with van der Waals surface area (Å²) >= 11 is 1.56. The molecule has 0 unspecified atom stereocenters. The molecule has 1 N–H and O–H groups in total. The van der Waals surface area contributed by atoms with Crippen molar-refractivity contribution in [1.29, 1.82) is 0 Å². The summed E-state index contributed by atoms with van der Waals surface area (Å²) in [4.78, 5) is 15.8. The van der Waals surface area contributed by atoms with Gasteiger partial charge in [-0.25, -0.2) is 14.5 Å². The predicted octanol–water partition coefficient (Wildman–Crippen LogP) is 2.90. The van der Waals surface area contributed by atoms with Gasteiger partial charge in [0, 0.05) is 10.8 Å². The zero-order valence-corrected chi connectivity index (χ0v) is 13.7. The number of nitrogens with zero attached hydrogens (tertiary/aromatic N) is 4. The Hall–Kier alpha value is -1.76. The van der Waals surface area contributed by atoms with Crippen LogP contribution in [-0.2, 0) is 12.0 Å². The first-order valence-electron chi connectivity index (χ1n) is 6.81. The zero-order chi connectivity index (χ0) is 15.8. The van der Waals surface area contributed by atoms with Crippen LogP contribution >= 0.6 is 11.3 Å². The van der Waals surface area contributed by atoms with E-state index < -0.39 is 5.97 Å². The Morgan fingerprint density at radius 3 is 2.57 bits per heavy atom. The van der Waals surface area contributed by atoms with E-state index in [0.29, 0.717) is 12.2 Å². The van der Waals surface area contributed by atoms with Gasteiger partial charge in [0.25, 0.3) is 0 Å². The number of aromatic nitrogens is 4. The van der Waals surface area contributed by atoms with Crippen LogP contribution in [0.4, 0.5) is 0 Å². The molecular weight excluding hydrogens is 288 g/mol. The van der Waals surface area contributed by atoms with Gasteiger partial charge in [0.05, 0.1) is 17.9 Å². The molecule has 2 aromatic rings. The Bertz CT molecular complexity index is 652. The Balaban J connectivity index is 2.32. The van der Waals surface area contributed by atoms with Gasteiger partial charge in [-0.1, -0.05) is 39.8 Å². The lowest BCUT2D eigenvalue weighted by atomic mass is 9.93. The van der Waals surface area contributed by atoms with Crippen molar-refractivity contribution in [1.82, 2.24) is 20.0 Å². The molecule has 0 aliphatic rings. The van der Waals surface area contributed by atoms with Crippen LogP contribution in [0.15, 0.2) is 5.38 Å². The third-order valence-electron chi connectivity index (χ3n) is 3.13. The van der Waals surface area contributed by atoms with Crippen LogP contribution in [0.3, 0.4) is 0 Å². The fourth-order valence-corrected chi connectivity index (χ4v) is 3.02. The van der Waals surface area contributed by atoms with Gasteiger partial charge in [0.1, 0.15) is 5.01 Å². The van der Waals surface area contributed by atoms with Gasteiger partial charge in [-0.2, -0.15) is 0 Å². The largest absolute Gasteiger partial charge is 0.476 e. The summed E-state index contributed by atoms with van der Waals surface area (Å²) < 4.78 is 1.64. The maximum absolute atomic E-state index is 11.2. The first-order valence-corrected chi connectivity index (χ1v) is 7.69. The maximum atomic E-state index is 11.2. The normalized spacial score (nSPS) is 12.1. The summed E-state index contributed by atoms with van der Waals surface area (Å²) in [5.74, 6) is -1.01. The van der Waals surface area contributed by atoms with E-state index >= 15 is 0 Å². The van der Waals surface area contributed by atoms with Gasteiger partial charge in [0.2, 0.25) is 0 Å². The Kier molecular flexibility index (Phi) is 4.13. The van der Waals surface area contributed by atoms with E-state index in [1.807, 2.05) is 19.2 Å². The van der Waals surface area contributed by atoms with Crippen LogP contribution in [-0.4, -0.2) is 31.1 Å². The molecule has 7 heteroatoms. The van der Waals surface area contributed by atoms with E-state index in [1.165, 1.54) is 0 Å². The summed E-state index contributed by atoms with van der Waals surface area (Å²) in [7, 11) is 0. The van der Waals surface area contributed by atoms with Gasteiger partial charge >= 0.3 is 5.97 Å². The van der Waals surface area contributed by atoms with Crippen LogP contribution in [0.25, 0.3) is 0 Å². The van der Waals surface area contributed by atoms with Gasteiger partial charge in [-0.15, -0.1) is 16.4 Å². The summed E-state index contributed by atoms with van der Waals surface area (Å²) in [6.45, 7) is 10.7. The number of carboxylic acids is 1. The van der Waals surface area contributed by atoms with E-state index in [2.05, 4.69) is 36.1 Å². The van der Waals surface area contributed by atoms with Crippen molar-refractivity contribution in [3.8, 4) is 0 Å². The molecule has 0 aliphatic heterocycles. The molecule has 2 aromatic heterocycles. The standard InChI is InChI=1S/C14H20N4O2S/c1-8(2)12-11(13(19)20)16-17-18(12)6-10-15-9(7-21-10)14(3,4)5/h7-8H,6H2,1-5H3,(H,19,20). The highest BCUT2D eigenvalue weighted by atomic mass is 32.1. The molecule has 0 saturated carbocycles. The number of hydrogen-bond donors (Lipinski definition) is 1. The lowest BCUT2D eigenvalue weighted by Crippen LogP contribution is -2.13. The topological polar surface area (TPSA) is 80.9 Å². The van der Waals surface area contributed by atoms with Crippen molar-refractivity contribution in [2.24, 2.45) is 0 Å². The first-order chi connectivity index (χ1) is 9.70. The number of rotatable bonds is 4. The van der Waals surface area contributed by atoms with E-state index in [4.69, 9.17) is 0 Å². The lowest BCUT2D eigenvalue weighted by Gasteiger charge is -2.14. The van der Waals surface area contributed by atoms with E-state index in [9.17, 15) is 9.90 Å². The quantitative estimate of drug-likeness (QED) is 0.939. The SMILES string of the molecule is CC(C)c1c(C(=O)O)nnn1Cc1nc(C(C)(C)C)cs1. The average Bonchev–Trinajstić information content (AvgIpc) is 2.94. The minimum atomic E-state index is -1.04. The highest BCUT2D eigenvalue weighted by Gasteiger charge is 2.23. The van der Waals surface area contributed by atoms with Crippen LogP contribution in [0.2, 0.25) is 0 Å². The number of carboxylic acid groups (broad SMARTS) is 1. The second-order valence-corrected chi connectivity index (χ2v) is 7.26.